The Kier molecular flexibility index (Phi) is 10.7. The van der Waals surface area contributed by atoms with Gasteiger partial charge in [-0.25, -0.2) is 9.59 Å². The van der Waals surface area contributed by atoms with Gasteiger partial charge < -0.3 is 9.47 Å². The third-order valence-corrected chi connectivity index (χ3v) is 5.40. The predicted octanol–water partition coefficient (Wildman–Crippen LogP) is 6.31. The highest BCUT2D eigenvalue weighted by atomic mass is 16.5. The Labute approximate surface area is 180 Å². The molecule has 30 heavy (non-hydrogen) atoms. The molecule has 2 unspecified atom stereocenters. The molecular formula is C26H34O4. The highest BCUT2D eigenvalue weighted by molar-refractivity contribution is 5.89. The van der Waals surface area contributed by atoms with Crippen LogP contribution >= 0.6 is 0 Å². The number of rotatable bonds is 13. The maximum Gasteiger partial charge on any atom is 0.338 e. The van der Waals surface area contributed by atoms with Crippen molar-refractivity contribution in [2.24, 2.45) is 11.8 Å². The van der Waals surface area contributed by atoms with Crippen LogP contribution < -0.4 is 0 Å². The summed E-state index contributed by atoms with van der Waals surface area (Å²) < 4.78 is 11.3. The van der Waals surface area contributed by atoms with Crippen molar-refractivity contribution in [1.29, 1.82) is 0 Å². The lowest BCUT2D eigenvalue weighted by Crippen LogP contribution is -2.27. The summed E-state index contributed by atoms with van der Waals surface area (Å²) in [5.41, 5.74) is 1.12. The van der Waals surface area contributed by atoms with Crippen LogP contribution in [0.15, 0.2) is 60.7 Å². The van der Waals surface area contributed by atoms with Gasteiger partial charge in [-0.3, -0.25) is 0 Å². The van der Waals surface area contributed by atoms with E-state index < -0.39 is 0 Å². The van der Waals surface area contributed by atoms with E-state index in [0.29, 0.717) is 24.3 Å². The van der Waals surface area contributed by atoms with Crippen molar-refractivity contribution in [1.82, 2.24) is 0 Å². The summed E-state index contributed by atoms with van der Waals surface area (Å²) in [6.45, 7) is 5.02. The summed E-state index contributed by atoms with van der Waals surface area (Å²) in [6, 6.07) is 18.1. The van der Waals surface area contributed by atoms with Crippen molar-refractivity contribution >= 4 is 11.9 Å². The minimum Gasteiger partial charge on any atom is -0.462 e. The second kappa shape index (κ2) is 13.6. The molecule has 0 saturated carbocycles. The molecule has 2 atom stereocenters. The van der Waals surface area contributed by atoms with Gasteiger partial charge in [0, 0.05) is 0 Å². The summed E-state index contributed by atoms with van der Waals surface area (Å²) in [5, 5.41) is 0. The van der Waals surface area contributed by atoms with E-state index in [0.717, 1.165) is 38.5 Å². The molecule has 0 saturated heterocycles. The molecular weight excluding hydrogens is 376 g/mol. The van der Waals surface area contributed by atoms with Crippen LogP contribution in [0, 0.1) is 11.8 Å². The fourth-order valence-corrected chi connectivity index (χ4v) is 3.52. The lowest BCUT2D eigenvalue weighted by atomic mass is 9.85. The summed E-state index contributed by atoms with van der Waals surface area (Å²) in [4.78, 5) is 24.8. The second-order valence-electron chi connectivity index (χ2n) is 7.73. The Bertz CT molecular complexity index is 677. The Hall–Kier alpha value is -2.62. The molecule has 0 aliphatic heterocycles. The Morgan fingerprint density at radius 3 is 1.37 bits per heavy atom. The predicted molar refractivity (Wildman–Crippen MR) is 119 cm³/mol. The molecule has 4 nitrogen and oxygen atoms in total. The maximum absolute atomic E-state index is 12.4. The van der Waals surface area contributed by atoms with Crippen molar-refractivity contribution < 1.29 is 19.1 Å². The normalized spacial score (nSPS) is 12.7. The smallest absolute Gasteiger partial charge is 0.338 e. The van der Waals surface area contributed by atoms with Crippen molar-refractivity contribution in [3.05, 3.63) is 71.8 Å². The van der Waals surface area contributed by atoms with Crippen LogP contribution in [0.2, 0.25) is 0 Å². The van der Waals surface area contributed by atoms with Gasteiger partial charge in [0.1, 0.15) is 0 Å². The average molecular weight is 411 g/mol. The first kappa shape index (κ1) is 23.7. The Balaban J connectivity index is 2.01. The van der Waals surface area contributed by atoms with Gasteiger partial charge in [0.15, 0.2) is 0 Å². The second-order valence-corrected chi connectivity index (χ2v) is 7.73. The molecule has 0 N–H and O–H groups in total. The summed E-state index contributed by atoms with van der Waals surface area (Å²) in [7, 11) is 0. The molecule has 2 rings (SSSR count). The average Bonchev–Trinajstić information content (AvgIpc) is 2.80. The van der Waals surface area contributed by atoms with Crippen LogP contribution in [0.3, 0.4) is 0 Å². The molecule has 0 aliphatic carbocycles. The first-order chi connectivity index (χ1) is 14.7. The molecule has 0 aliphatic rings. The molecule has 0 heterocycles. The summed E-state index contributed by atoms with van der Waals surface area (Å²) >= 11 is 0. The number of carbonyl (C=O) groups is 2. The standard InChI is InChI=1S/C26H34O4/c1-3-5-13-23(19-29-25(27)21-15-9-7-10-16-21)24(14-6-4-2)20-30-26(28)22-17-11-8-12-18-22/h7-12,15-18,23-24H,3-6,13-14,19-20H2,1-2H3. The van der Waals surface area contributed by atoms with E-state index >= 15 is 0 Å². The van der Waals surface area contributed by atoms with Gasteiger partial charge >= 0.3 is 11.9 Å². The third-order valence-electron chi connectivity index (χ3n) is 5.40. The zero-order chi connectivity index (χ0) is 21.6. The number of ether oxygens (including phenoxy) is 2. The molecule has 162 valence electrons. The molecule has 0 radical (unpaired) electrons. The molecule has 0 amide bonds. The number of benzene rings is 2. The topological polar surface area (TPSA) is 52.6 Å². The van der Waals surface area contributed by atoms with E-state index in [4.69, 9.17) is 9.47 Å². The maximum atomic E-state index is 12.4. The molecule has 0 spiro atoms. The van der Waals surface area contributed by atoms with E-state index in [9.17, 15) is 9.59 Å². The Morgan fingerprint density at radius 2 is 1.03 bits per heavy atom. The quantitative estimate of drug-likeness (QED) is 0.363. The van der Waals surface area contributed by atoms with Gasteiger partial charge in [0.25, 0.3) is 0 Å². The highest BCUT2D eigenvalue weighted by Gasteiger charge is 2.24. The van der Waals surface area contributed by atoms with Gasteiger partial charge in [0.05, 0.1) is 24.3 Å². The number of esters is 2. The van der Waals surface area contributed by atoms with E-state index in [1.165, 1.54) is 0 Å². The van der Waals surface area contributed by atoms with Crippen LogP contribution in [-0.2, 0) is 9.47 Å². The highest BCUT2D eigenvalue weighted by Crippen LogP contribution is 2.26. The van der Waals surface area contributed by atoms with E-state index in [1.807, 2.05) is 36.4 Å². The van der Waals surface area contributed by atoms with Gasteiger partial charge in [-0.2, -0.15) is 0 Å². The van der Waals surface area contributed by atoms with Crippen molar-refractivity contribution in [3.8, 4) is 0 Å². The number of hydrogen-bond donors (Lipinski definition) is 0. The van der Waals surface area contributed by atoms with Crippen LogP contribution in [-0.4, -0.2) is 25.2 Å². The molecule has 0 aromatic heterocycles. The van der Waals surface area contributed by atoms with Gasteiger partial charge in [-0.15, -0.1) is 0 Å². The zero-order valence-corrected chi connectivity index (χ0v) is 18.2. The molecule has 4 heteroatoms. The van der Waals surface area contributed by atoms with Gasteiger partial charge in [-0.05, 0) is 48.9 Å². The largest absolute Gasteiger partial charge is 0.462 e. The fraction of sp³-hybridized carbons (Fsp3) is 0.462. The van der Waals surface area contributed by atoms with Crippen LogP contribution in [0.5, 0.6) is 0 Å². The molecule has 0 bridgehead atoms. The summed E-state index contributed by atoms with van der Waals surface area (Å²) in [5.74, 6) is -0.249. The van der Waals surface area contributed by atoms with Crippen LogP contribution in [0.1, 0.15) is 73.1 Å². The summed E-state index contributed by atoms with van der Waals surface area (Å²) in [6.07, 6.45) is 6.18. The van der Waals surface area contributed by atoms with Crippen molar-refractivity contribution in [3.63, 3.8) is 0 Å². The first-order valence-electron chi connectivity index (χ1n) is 11.1. The molecule has 0 fully saturated rings. The van der Waals surface area contributed by atoms with Crippen LogP contribution in [0.4, 0.5) is 0 Å². The Morgan fingerprint density at radius 1 is 0.667 bits per heavy atom. The van der Waals surface area contributed by atoms with Gasteiger partial charge in [-0.1, -0.05) is 75.9 Å². The third kappa shape index (κ3) is 8.02. The minimum atomic E-state index is -0.298. The van der Waals surface area contributed by atoms with Crippen molar-refractivity contribution in [2.45, 2.75) is 52.4 Å². The van der Waals surface area contributed by atoms with Crippen LogP contribution in [0.25, 0.3) is 0 Å². The SMILES string of the molecule is CCCCC(COC(=O)c1ccccc1)C(CCCC)COC(=O)c1ccccc1. The number of hydrogen-bond acceptors (Lipinski definition) is 4. The minimum absolute atomic E-state index is 0.174. The zero-order valence-electron chi connectivity index (χ0n) is 18.2. The fourth-order valence-electron chi connectivity index (χ4n) is 3.52. The number of unbranched alkanes of at least 4 members (excludes halogenated alkanes) is 2. The van der Waals surface area contributed by atoms with Gasteiger partial charge in [0.2, 0.25) is 0 Å². The molecule has 2 aromatic carbocycles. The molecule has 2 aromatic rings. The van der Waals surface area contributed by atoms with E-state index in [1.54, 1.807) is 24.3 Å². The number of carbonyl (C=O) groups excluding carboxylic acids is 2. The monoisotopic (exact) mass is 410 g/mol. The van der Waals surface area contributed by atoms with Crippen molar-refractivity contribution in [2.75, 3.05) is 13.2 Å². The lowest BCUT2D eigenvalue weighted by molar-refractivity contribution is 0.0188. The van der Waals surface area contributed by atoms with E-state index in [2.05, 4.69) is 13.8 Å². The van der Waals surface area contributed by atoms with E-state index in [-0.39, 0.29) is 23.8 Å². The lowest BCUT2D eigenvalue weighted by Gasteiger charge is -2.27. The first-order valence-corrected chi connectivity index (χ1v) is 11.1.